The summed E-state index contributed by atoms with van der Waals surface area (Å²) in [5.74, 6) is 0.913. The largest absolute Gasteiger partial charge is 0.462 e. The standard InChI is InChI=1S/C12H18O2/c1-7-10-5-9(12(7,3)4)6-11(10)14-8(2)13/h9-11H,1,5-6H2,2-4H3/t9-,10-,11-/m1/s1. The molecule has 0 aliphatic heterocycles. The van der Waals surface area contributed by atoms with Gasteiger partial charge in [-0.15, -0.1) is 0 Å². The van der Waals surface area contributed by atoms with Crippen LogP contribution in [0.3, 0.4) is 0 Å². The lowest BCUT2D eigenvalue weighted by atomic mass is 9.72. The summed E-state index contributed by atoms with van der Waals surface area (Å²) in [5.41, 5.74) is 1.53. The van der Waals surface area contributed by atoms with Crippen LogP contribution >= 0.6 is 0 Å². The Morgan fingerprint density at radius 3 is 2.57 bits per heavy atom. The Kier molecular flexibility index (Phi) is 1.98. The molecule has 2 bridgehead atoms. The van der Waals surface area contributed by atoms with Crippen LogP contribution in [0.15, 0.2) is 12.2 Å². The topological polar surface area (TPSA) is 26.3 Å². The molecule has 0 spiro atoms. The molecule has 0 aromatic heterocycles. The van der Waals surface area contributed by atoms with Crippen molar-refractivity contribution in [3.63, 3.8) is 0 Å². The second-order valence-electron chi connectivity index (χ2n) is 5.17. The van der Waals surface area contributed by atoms with Gasteiger partial charge in [0.25, 0.3) is 0 Å². The Bertz CT molecular complexity index is 291. The zero-order chi connectivity index (χ0) is 10.5. The predicted octanol–water partition coefficient (Wildman–Crippen LogP) is 2.54. The molecule has 0 N–H and O–H groups in total. The Labute approximate surface area is 85.3 Å². The molecule has 14 heavy (non-hydrogen) atoms. The van der Waals surface area contributed by atoms with Crippen molar-refractivity contribution in [3.05, 3.63) is 12.2 Å². The Balaban J connectivity index is 2.13. The van der Waals surface area contributed by atoms with Gasteiger partial charge in [0.05, 0.1) is 0 Å². The van der Waals surface area contributed by atoms with E-state index in [2.05, 4.69) is 20.4 Å². The molecule has 2 fully saturated rings. The Morgan fingerprint density at radius 1 is 1.50 bits per heavy atom. The molecule has 2 aliphatic carbocycles. The average molecular weight is 194 g/mol. The highest BCUT2D eigenvalue weighted by Gasteiger charge is 2.53. The monoisotopic (exact) mass is 194 g/mol. The van der Waals surface area contributed by atoms with E-state index in [1.807, 2.05) is 0 Å². The van der Waals surface area contributed by atoms with E-state index in [9.17, 15) is 4.79 Å². The highest BCUT2D eigenvalue weighted by atomic mass is 16.5. The van der Waals surface area contributed by atoms with Crippen molar-refractivity contribution in [2.45, 2.75) is 39.7 Å². The maximum atomic E-state index is 10.9. The Morgan fingerprint density at radius 2 is 2.14 bits per heavy atom. The van der Waals surface area contributed by atoms with Crippen LogP contribution in [0.5, 0.6) is 0 Å². The van der Waals surface area contributed by atoms with Crippen LogP contribution in [0.4, 0.5) is 0 Å². The number of esters is 1. The van der Waals surface area contributed by atoms with E-state index in [-0.39, 0.29) is 17.5 Å². The fraction of sp³-hybridized carbons (Fsp3) is 0.750. The van der Waals surface area contributed by atoms with Crippen molar-refractivity contribution >= 4 is 5.97 Å². The number of fused-ring (bicyclic) bond motifs is 2. The van der Waals surface area contributed by atoms with Crippen LogP contribution in [0.2, 0.25) is 0 Å². The van der Waals surface area contributed by atoms with Crippen LogP contribution in [-0.2, 0) is 9.53 Å². The number of rotatable bonds is 1. The van der Waals surface area contributed by atoms with E-state index in [0.29, 0.717) is 11.8 Å². The van der Waals surface area contributed by atoms with E-state index in [4.69, 9.17) is 4.74 Å². The van der Waals surface area contributed by atoms with Crippen LogP contribution in [-0.4, -0.2) is 12.1 Å². The molecule has 2 rings (SSSR count). The minimum absolute atomic E-state index is 0.109. The van der Waals surface area contributed by atoms with Crippen LogP contribution < -0.4 is 0 Å². The normalized spacial score (nSPS) is 38.8. The lowest BCUT2D eigenvalue weighted by molar-refractivity contribution is -0.148. The van der Waals surface area contributed by atoms with Gasteiger partial charge in [-0.2, -0.15) is 0 Å². The minimum Gasteiger partial charge on any atom is -0.462 e. The number of hydrogen-bond acceptors (Lipinski definition) is 2. The zero-order valence-electron chi connectivity index (χ0n) is 9.17. The summed E-state index contributed by atoms with van der Waals surface area (Å²) in [7, 11) is 0. The maximum absolute atomic E-state index is 10.9. The first-order chi connectivity index (χ1) is 6.43. The van der Waals surface area contributed by atoms with E-state index >= 15 is 0 Å². The first kappa shape index (κ1) is 9.75. The van der Waals surface area contributed by atoms with Gasteiger partial charge in [0.15, 0.2) is 0 Å². The predicted molar refractivity (Wildman–Crippen MR) is 54.7 cm³/mol. The summed E-state index contributed by atoms with van der Waals surface area (Å²) in [5, 5.41) is 0. The molecule has 0 aromatic carbocycles. The number of carbonyl (C=O) groups excluding carboxylic acids is 1. The quantitative estimate of drug-likeness (QED) is 0.473. The fourth-order valence-corrected chi connectivity index (χ4v) is 3.04. The molecule has 2 aliphatic rings. The molecule has 0 unspecified atom stereocenters. The van der Waals surface area contributed by atoms with Gasteiger partial charge in [0.1, 0.15) is 6.10 Å². The zero-order valence-corrected chi connectivity index (χ0v) is 9.17. The van der Waals surface area contributed by atoms with Gasteiger partial charge in [-0.25, -0.2) is 0 Å². The summed E-state index contributed by atoms with van der Waals surface area (Å²) in [6.45, 7) is 10.1. The molecule has 0 saturated heterocycles. The summed E-state index contributed by atoms with van der Waals surface area (Å²) < 4.78 is 5.31. The van der Waals surface area contributed by atoms with Gasteiger partial charge in [0, 0.05) is 12.8 Å². The number of hydrogen-bond donors (Lipinski definition) is 0. The van der Waals surface area contributed by atoms with Crippen molar-refractivity contribution in [2.24, 2.45) is 17.3 Å². The summed E-state index contributed by atoms with van der Waals surface area (Å²) in [6, 6.07) is 0. The number of carbonyl (C=O) groups is 1. The Hall–Kier alpha value is -0.790. The second-order valence-corrected chi connectivity index (χ2v) is 5.17. The van der Waals surface area contributed by atoms with Gasteiger partial charge >= 0.3 is 5.97 Å². The summed E-state index contributed by atoms with van der Waals surface area (Å²) in [6.07, 6.45) is 2.29. The lowest BCUT2D eigenvalue weighted by Crippen LogP contribution is -2.32. The first-order valence-electron chi connectivity index (χ1n) is 5.29. The van der Waals surface area contributed by atoms with E-state index in [1.54, 1.807) is 0 Å². The highest BCUT2D eigenvalue weighted by Crippen LogP contribution is 2.59. The third-order valence-electron chi connectivity index (χ3n) is 4.12. The molecule has 0 radical (unpaired) electrons. The highest BCUT2D eigenvalue weighted by molar-refractivity contribution is 5.66. The second kappa shape index (κ2) is 2.85. The SMILES string of the molecule is C=C1[C@H]2C[C@H](C[C@H]2OC(C)=O)C1(C)C. The van der Waals surface area contributed by atoms with Crippen LogP contribution in [0.25, 0.3) is 0 Å². The molecule has 78 valence electrons. The van der Waals surface area contributed by atoms with Gasteiger partial charge in [-0.05, 0) is 24.2 Å². The molecule has 2 nitrogen and oxygen atoms in total. The van der Waals surface area contributed by atoms with Crippen molar-refractivity contribution in [3.8, 4) is 0 Å². The summed E-state index contributed by atoms with van der Waals surface area (Å²) >= 11 is 0. The molecule has 0 aromatic rings. The molecule has 3 atom stereocenters. The van der Waals surface area contributed by atoms with Crippen molar-refractivity contribution in [2.75, 3.05) is 0 Å². The van der Waals surface area contributed by atoms with Crippen molar-refractivity contribution in [1.82, 2.24) is 0 Å². The molecule has 0 heterocycles. The molecule has 2 saturated carbocycles. The third-order valence-corrected chi connectivity index (χ3v) is 4.12. The minimum atomic E-state index is -0.159. The summed E-state index contributed by atoms with van der Waals surface area (Å²) in [4.78, 5) is 10.9. The van der Waals surface area contributed by atoms with Crippen molar-refractivity contribution in [1.29, 1.82) is 0 Å². The van der Waals surface area contributed by atoms with E-state index in [1.165, 1.54) is 12.5 Å². The smallest absolute Gasteiger partial charge is 0.302 e. The molecule has 0 amide bonds. The molecular formula is C12H18O2. The van der Waals surface area contributed by atoms with Gasteiger partial charge < -0.3 is 4.74 Å². The van der Waals surface area contributed by atoms with Crippen molar-refractivity contribution < 1.29 is 9.53 Å². The number of ether oxygens (including phenoxy) is 1. The molecular weight excluding hydrogens is 176 g/mol. The van der Waals surface area contributed by atoms with E-state index in [0.717, 1.165) is 12.8 Å². The van der Waals surface area contributed by atoms with Crippen LogP contribution in [0.1, 0.15) is 33.6 Å². The lowest BCUT2D eigenvalue weighted by Gasteiger charge is -2.35. The average Bonchev–Trinajstić information content (AvgIpc) is 2.52. The third kappa shape index (κ3) is 1.20. The maximum Gasteiger partial charge on any atom is 0.302 e. The van der Waals surface area contributed by atoms with Gasteiger partial charge in [-0.1, -0.05) is 26.0 Å². The molecule has 2 heteroatoms. The van der Waals surface area contributed by atoms with Gasteiger partial charge in [0.2, 0.25) is 0 Å². The first-order valence-corrected chi connectivity index (χ1v) is 5.29. The van der Waals surface area contributed by atoms with E-state index < -0.39 is 0 Å². The fourth-order valence-electron chi connectivity index (χ4n) is 3.04. The van der Waals surface area contributed by atoms with Crippen LogP contribution in [0, 0.1) is 17.3 Å². The van der Waals surface area contributed by atoms with Gasteiger partial charge in [-0.3, -0.25) is 4.79 Å².